The third kappa shape index (κ3) is 3.09. The quantitative estimate of drug-likeness (QED) is 0.755. The number of anilines is 1. The van der Waals surface area contributed by atoms with Crippen molar-refractivity contribution < 1.29 is 9.84 Å². The van der Waals surface area contributed by atoms with Crippen LogP contribution in [-0.4, -0.2) is 18.3 Å². The van der Waals surface area contributed by atoms with Crippen molar-refractivity contribution in [1.29, 1.82) is 0 Å². The minimum absolute atomic E-state index is 0.101. The highest BCUT2D eigenvalue weighted by molar-refractivity contribution is 6.32. The van der Waals surface area contributed by atoms with Crippen LogP contribution < -0.4 is 10.5 Å². The molecule has 1 atom stereocenters. The van der Waals surface area contributed by atoms with Gasteiger partial charge in [-0.3, -0.25) is 0 Å². The Hall–Kier alpha value is -0.930. The monoisotopic (exact) mass is 215 g/mol. The molecule has 14 heavy (non-hydrogen) atoms. The predicted molar refractivity (Wildman–Crippen MR) is 57.6 cm³/mol. The zero-order valence-corrected chi connectivity index (χ0v) is 8.79. The fraction of sp³-hybridized carbons (Fsp3) is 0.400. The molecule has 1 aromatic rings. The van der Waals surface area contributed by atoms with Gasteiger partial charge in [0.1, 0.15) is 5.75 Å². The second-order valence-electron chi connectivity index (χ2n) is 3.29. The Morgan fingerprint density at radius 2 is 2.29 bits per heavy atom. The summed E-state index contributed by atoms with van der Waals surface area (Å²) >= 11 is 5.89. The molecule has 0 saturated carbocycles. The number of aliphatic hydroxyl groups is 1. The topological polar surface area (TPSA) is 55.5 Å². The van der Waals surface area contributed by atoms with Crippen LogP contribution in [0.25, 0.3) is 0 Å². The zero-order chi connectivity index (χ0) is 10.6. The van der Waals surface area contributed by atoms with Gasteiger partial charge in [-0.25, -0.2) is 0 Å². The minimum atomic E-state index is 0.101. The molecule has 0 fully saturated rings. The van der Waals surface area contributed by atoms with Gasteiger partial charge in [-0.15, -0.1) is 0 Å². The molecule has 4 heteroatoms. The summed E-state index contributed by atoms with van der Waals surface area (Å²) in [7, 11) is 0. The summed E-state index contributed by atoms with van der Waals surface area (Å²) in [5.41, 5.74) is 6.14. The van der Waals surface area contributed by atoms with Crippen LogP contribution in [0.1, 0.15) is 6.92 Å². The Labute approximate surface area is 88.4 Å². The molecule has 0 aromatic heterocycles. The molecule has 3 N–H and O–H groups in total. The summed E-state index contributed by atoms with van der Waals surface area (Å²) in [5, 5.41) is 9.29. The largest absolute Gasteiger partial charge is 0.492 e. The molecule has 1 rings (SSSR count). The highest BCUT2D eigenvalue weighted by atomic mass is 35.5. The summed E-state index contributed by atoms with van der Waals surface area (Å²) in [5.74, 6) is 0.699. The van der Waals surface area contributed by atoms with E-state index in [2.05, 4.69) is 0 Å². The molecule has 0 aliphatic rings. The Morgan fingerprint density at radius 3 is 2.86 bits per heavy atom. The Morgan fingerprint density at radius 1 is 1.57 bits per heavy atom. The van der Waals surface area contributed by atoms with Crippen molar-refractivity contribution in [2.75, 3.05) is 18.9 Å². The molecule has 0 amide bonds. The number of nitrogens with two attached hydrogens (primary N) is 1. The number of rotatable bonds is 4. The average molecular weight is 216 g/mol. The van der Waals surface area contributed by atoms with Crippen LogP contribution in [0.15, 0.2) is 18.2 Å². The van der Waals surface area contributed by atoms with Crippen molar-refractivity contribution in [3.8, 4) is 5.75 Å². The first-order valence-electron chi connectivity index (χ1n) is 4.42. The molecule has 0 radical (unpaired) electrons. The summed E-state index contributed by atoms with van der Waals surface area (Å²) < 4.78 is 5.40. The van der Waals surface area contributed by atoms with E-state index in [1.165, 1.54) is 0 Å². The summed E-state index contributed by atoms with van der Waals surface area (Å²) in [6.45, 7) is 2.44. The van der Waals surface area contributed by atoms with E-state index in [1.54, 1.807) is 18.2 Å². The van der Waals surface area contributed by atoms with Crippen LogP contribution in [-0.2, 0) is 0 Å². The first-order chi connectivity index (χ1) is 6.63. The lowest BCUT2D eigenvalue weighted by Gasteiger charge is -2.11. The van der Waals surface area contributed by atoms with Gasteiger partial charge in [0.2, 0.25) is 0 Å². The number of hydrogen-bond acceptors (Lipinski definition) is 3. The van der Waals surface area contributed by atoms with Crippen LogP contribution in [0.3, 0.4) is 0 Å². The fourth-order valence-corrected chi connectivity index (χ4v) is 1.16. The molecular formula is C10H14ClNO2. The van der Waals surface area contributed by atoms with Gasteiger partial charge in [-0.05, 0) is 18.2 Å². The van der Waals surface area contributed by atoms with Gasteiger partial charge in [0, 0.05) is 18.2 Å². The van der Waals surface area contributed by atoms with Crippen molar-refractivity contribution in [3.63, 3.8) is 0 Å². The van der Waals surface area contributed by atoms with Gasteiger partial charge in [0.05, 0.1) is 11.6 Å². The SMILES string of the molecule is CC(CO)COc1ccc(N)cc1Cl. The van der Waals surface area contributed by atoms with Crippen molar-refractivity contribution in [3.05, 3.63) is 23.2 Å². The second kappa shape index (κ2) is 5.08. The van der Waals surface area contributed by atoms with Crippen molar-refractivity contribution >= 4 is 17.3 Å². The normalized spacial score (nSPS) is 12.5. The number of benzene rings is 1. The van der Waals surface area contributed by atoms with Gasteiger partial charge >= 0.3 is 0 Å². The van der Waals surface area contributed by atoms with E-state index in [4.69, 9.17) is 27.2 Å². The van der Waals surface area contributed by atoms with Crippen molar-refractivity contribution in [2.45, 2.75) is 6.92 Å². The number of hydrogen-bond donors (Lipinski definition) is 2. The molecule has 1 aromatic carbocycles. The van der Waals surface area contributed by atoms with Gasteiger partial charge < -0.3 is 15.6 Å². The molecule has 78 valence electrons. The van der Waals surface area contributed by atoms with Crippen LogP contribution in [0.5, 0.6) is 5.75 Å². The minimum Gasteiger partial charge on any atom is -0.492 e. The van der Waals surface area contributed by atoms with Gasteiger partial charge in [-0.2, -0.15) is 0 Å². The van der Waals surface area contributed by atoms with Crippen molar-refractivity contribution in [2.24, 2.45) is 5.92 Å². The lowest BCUT2D eigenvalue weighted by atomic mass is 10.2. The first kappa shape index (κ1) is 11.1. The zero-order valence-electron chi connectivity index (χ0n) is 8.03. The standard InChI is InChI=1S/C10H14ClNO2/c1-7(5-13)6-14-10-3-2-8(12)4-9(10)11/h2-4,7,13H,5-6,12H2,1H3. The Kier molecular flexibility index (Phi) is 4.04. The van der Waals surface area contributed by atoms with E-state index in [-0.39, 0.29) is 12.5 Å². The van der Waals surface area contributed by atoms with Crippen LogP contribution in [0, 0.1) is 5.92 Å². The third-order valence-electron chi connectivity index (χ3n) is 1.79. The average Bonchev–Trinajstić information content (AvgIpc) is 2.16. The van der Waals surface area contributed by atoms with Crippen LogP contribution >= 0.6 is 11.6 Å². The maximum atomic E-state index is 8.79. The third-order valence-corrected chi connectivity index (χ3v) is 2.09. The molecule has 0 bridgehead atoms. The maximum Gasteiger partial charge on any atom is 0.138 e. The predicted octanol–water partition coefficient (Wildman–Crippen LogP) is 1.93. The Bertz CT molecular complexity index is 304. The van der Waals surface area contributed by atoms with Gasteiger partial charge in [0.25, 0.3) is 0 Å². The molecular weight excluding hydrogens is 202 g/mol. The number of ether oxygens (including phenoxy) is 1. The fourth-order valence-electron chi connectivity index (χ4n) is 0.919. The first-order valence-corrected chi connectivity index (χ1v) is 4.80. The molecule has 0 saturated heterocycles. The number of nitrogen functional groups attached to an aromatic ring is 1. The number of aliphatic hydroxyl groups excluding tert-OH is 1. The molecule has 0 spiro atoms. The van der Waals surface area contributed by atoms with Crippen molar-refractivity contribution in [1.82, 2.24) is 0 Å². The summed E-state index contributed by atoms with van der Waals surface area (Å²) in [6, 6.07) is 5.09. The van der Waals surface area contributed by atoms with Gasteiger partial charge in [0.15, 0.2) is 0 Å². The molecule has 1 unspecified atom stereocenters. The lowest BCUT2D eigenvalue weighted by Crippen LogP contribution is -2.12. The van der Waals surface area contributed by atoms with E-state index in [0.717, 1.165) is 0 Å². The van der Waals surface area contributed by atoms with Crippen LogP contribution in [0.2, 0.25) is 5.02 Å². The molecule has 0 aliphatic heterocycles. The summed E-state index contributed by atoms with van der Waals surface area (Å²) in [6.07, 6.45) is 0. The van der Waals surface area contributed by atoms with E-state index in [9.17, 15) is 0 Å². The highest BCUT2D eigenvalue weighted by Gasteiger charge is 2.04. The highest BCUT2D eigenvalue weighted by Crippen LogP contribution is 2.26. The molecule has 3 nitrogen and oxygen atoms in total. The Balaban J connectivity index is 2.59. The summed E-state index contributed by atoms with van der Waals surface area (Å²) in [4.78, 5) is 0. The van der Waals surface area contributed by atoms with E-state index in [0.29, 0.717) is 23.1 Å². The maximum absolute atomic E-state index is 8.79. The van der Waals surface area contributed by atoms with Gasteiger partial charge in [-0.1, -0.05) is 18.5 Å². The molecule has 0 heterocycles. The van der Waals surface area contributed by atoms with E-state index in [1.807, 2.05) is 6.92 Å². The molecule has 0 aliphatic carbocycles. The lowest BCUT2D eigenvalue weighted by molar-refractivity contribution is 0.174. The number of halogens is 1. The second-order valence-corrected chi connectivity index (χ2v) is 3.70. The smallest absolute Gasteiger partial charge is 0.138 e. The van der Waals surface area contributed by atoms with E-state index >= 15 is 0 Å². The van der Waals surface area contributed by atoms with Crippen LogP contribution in [0.4, 0.5) is 5.69 Å². The van der Waals surface area contributed by atoms with E-state index < -0.39 is 0 Å².